The minimum Gasteiger partial charge on any atom is -0.508 e. The van der Waals surface area contributed by atoms with Crippen molar-refractivity contribution < 1.29 is 19.7 Å². The fourth-order valence-electron chi connectivity index (χ4n) is 1.34. The van der Waals surface area contributed by atoms with Gasteiger partial charge in [0.15, 0.2) is 0 Å². The molecule has 0 aromatic heterocycles. The Hall–Kier alpha value is -1.75. The van der Waals surface area contributed by atoms with E-state index in [0.29, 0.717) is 5.56 Å². The molecule has 0 saturated carbocycles. The molecule has 100 valence electrons. The van der Waals surface area contributed by atoms with Crippen molar-refractivity contribution in [2.45, 2.75) is 32.5 Å². The van der Waals surface area contributed by atoms with Gasteiger partial charge in [0.1, 0.15) is 11.4 Å². The number of phenols is 1. The van der Waals surface area contributed by atoms with Crippen LogP contribution in [0.25, 0.3) is 0 Å². The summed E-state index contributed by atoms with van der Waals surface area (Å²) in [6.45, 7) is 5.31. The lowest BCUT2D eigenvalue weighted by Gasteiger charge is -2.20. The molecular formula is C13H19NO4. The van der Waals surface area contributed by atoms with E-state index in [9.17, 15) is 15.0 Å². The fourth-order valence-corrected chi connectivity index (χ4v) is 1.34. The van der Waals surface area contributed by atoms with Crippen LogP contribution >= 0.6 is 0 Å². The average molecular weight is 253 g/mol. The van der Waals surface area contributed by atoms with Gasteiger partial charge in [-0.1, -0.05) is 12.1 Å². The summed E-state index contributed by atoms with van der Waals surface area (Å²) in [7, 11) is 0. The molecule has 0 radical (unpaired) electrons. The molecule has 0 saturated heterocycles. The summed E-state index contributed by atoms with van der Waals surface area (Å²) in [5.74, 6) is 0.0730. The van der Waals surface area contributed by atoms with E-state index < -0.39 is 17.8 Å². The summed E-state index contributed by atoms with van der Waals surface area (Å²) < 4.78 is 5.04. The second kappa shape index (κ2) is 5.73. The molecule has 1 aromatic carbocycles. The highest BCUT2D eigenvalue weighted by atomic mass is 16.6. The van der Waals surface area contributed by atoms with E-state index in [-0.39, 0.29) is 12.3 Å². The highest BCUT2D eigenvalue weighted by Crippen LogP contribution is 2.17. The summed E-state index contributed by atoms with van der Waals surface area (Å²) in [4.78, 5) is 11.4. The van der Waals surface area contributed by atoms with E-state index in [0.717, 1.165) is 0 Å². The van der Waals surface area contributed by atoms with Crippen LogP contribution in [0.15, 0.2) is 24.3 Å². The zero-order chi connectivity index (χ0) is 13.8. The molecule has 18 heavy (non-hydrogen) atoms. The predicted molar refractivity (Wildman–Crippen MR) is 67.3 cm³/mol. The molecule has 5 heteroatoms. The van der Waals surface area contributed by atoms with Crippen LogP contribution in [0.2, 0.25) is 0 Å². The van der Waals surface area contributed by atoms with Gasteiger partial charge in [-0.05, 0) is 38.5 Å². The first-order chi connectivity index (χ1) is 8.28. The lowest BCUT2D eigenvalue weighted by molar-refractivity contribution is 0.0492. The largest absolute Gasteiger partial charge is 0.508 e. The second-order valence-corrected chi connectivity index (χ2v) is 4.99. The number of aliphatic hydroxyl groups is 1. The third kappa shape index (κ3) is 5.05. The maximum atomic E-state index is 11.4. The lowest BCUT2D eigenvalue weighted by atomic mass is 10.1. The smallest absolute Gasteiger partial charge is 0.407 e. The van der Waals surface area contributed by atoms with E-state index in [4.69, 9.17) is 4.74 Å². The molecule has 3 N–H and O–H groups in total. The topological polar surface area (TPSA) is 78.8 Å². The lowest BCUT2D eigenvalue weighted by Crippen LogP contribution is -2.34. The first-order valence-corrected chi connectivity index (χ1v) is 5.72. The van der Waals surface area contributed by atoms with E-state index in [1.807, 2.05) is 0 Å². The maximum Gasteiger partial charge on any atom is 0.407 e. The Kier molecular flexibility index (Phi) is 4.55. The van der Waals surface area contributed by atoms with Crippen molar-refractivity contribution in [3.05, 3.63) is 29.8 Å². The monoisotopic (exact) mass is 253 g/mol. The minimum atomic E-state index is -0.885. The number of carbonyl (C=O) groups excluding carboxylic acids is 1. The van der Waals surface area contributed by atoms with Crippen molar-refractivity contribution in [2.24, 2.45) is 0 Å². The standard InChI is InChI=1S/C13H19NO4/c1-13(2,3)18-12(17)14-8-11(16)9-5-4-6-10(15)7-9/h4-7,11,15-16H,8H2,1-3H3,(H,14,17)/t11-/m1/s1. The third-order valence-corrected chi connectivity index (χ3v) is 2.09. The molecule has 0 heterocycles. The van der Waals surface area contributed by atoms with Crippen LogP contribution in [-0.4, -0.2) is 28.5 Å². The van der Waals surface area contributed by atoms with E-state index in [1.165, 1.54) is 12.1 Å². The van der Waals surface area contributed by atoms with Crippen LogP contribution in [0.5, 0.6) is 5.75 Å². The van der Waals surface area contributed by atoms with E-state index in [2.05, 4.69) is 5.32 Å². The number of aromatic hydroxyl groups is 1. The summed E-state index contributed by atoms with van der Waals surface area (Å²) in [5.41, 5.74) is -0.0360. The molecule has 0 aliphatic rings. The van der Waals surface area contributed by atoms with Crippen molar-refractivity contribution in [2.75, 3.05) is 6.54 Å². The highest BCUT2D eigenvalue weighted by Gasteiger charge is 2.17. The van der Waals surface area contributed by atoms with Gasteiger partial charge in [0.2, 0.25) is 0 Å². The van der Waals surface area contributed by atoms with Gasteiger partial charge in [-0.25, -0.2) is 4.79 Å². The van der Waals surface area contributed by atoms with Crippen LogP contribution in [0, 0.1) is 0 Å². The van der Waals surface area contributed by atoms with Crippen LogP contribution in [0.3, 0.4) is 0 Å². The van der Waals surface area contributed by atoms with E-state index >= 15 is 0 Å². The maximum absolute atomic E-state index is 11.4. The zero-order valence-electron chi connectivity index (χ0n) is 10.8. The number of amides is 1. The van der Waals surface area contributed by atoms with Gasteiger partial charge in [0, 0.05) is 0 Å². The molecule has 0 aliphatic carbocycles. The number of hydrogen-bond acceptors (Lipinski definition) is 4. The molecule has 1 atom stereocenters. The number of phenolic OH excluding ortho intramolecular Hbond substituents is 1. The van der Waals surface area contributed by atoms with Crippen molar-refractivity contribution in [3.8, 4) is 5.75 Å². The first-order valence-electron chi connectivity index (χ1n) is 5.72. The Bertz CT molecular complexity index is 412. The van der Waals surface area contributed by atoms with Crippen LogP contribution in [0.4, 0.5) is 4.79 Å². The SMILES string of the molecule is CC(C)(C)OC(=O)NC[C@@H](O)c1cccc(O)c1. The number of benzene rings is 1. The number of rotatable bonds is 3. The van der Waals surface area contributed by atoms with Crippen LogP contribution < -0.4 is 5.32 Å². The Labute approximate surface area is 106 Å². The summed E-state index contributed by atoms with van der Waals surface area (Å²) in [6, 6.07) is 6.25. The van der Waals surface area contributed by atoms with E-state index in [1.54, 1.807) is 32.9 Å². The molecule has 0 aliphatic heterocycles. The van der Waals surface area contributed by atoms with Crippen molar-refractivity contribution >= 4 is 6.09 Å². The Morgan fingerprint density at radius 2 is 2.11 bits per heavy atom. The molecular weight excluding hydrogens is 234 g/mol. The van der Waals surface area contributed by atoms with Gasteiger partial charge >= 0.3 is 6.09 Å². The summed E-state index contributed by atoms with van der Waals surface area (Å²) in [6.07, 6.45) is -1.47. The number of carbonyl (C=O) groups is 1. The highest BCUT2D eigenvalue weighted by molar-refractivity contribution is 5.67. The molecule has 1 amide bonds. The quantitative estimate of drug-likeness (QED) is 0.769. The Morgan fingerprint density at radius 1 is 1.44 bits per heavy atom. The second-order valence-electron chi connectivity index (χ2n) is 4.99. The van der Waals surface area contributed by atoms with Gasteiger partial charge in [-0.3, -0.25) is 0 Å². The van der Waals surface area contributed by atoms with Gasteiger partial charge in [-0.15, -0.1) is 0 Å². The van der Waals surface area contributed by atoms with Gasteiger partial charge in [0.25, 0.3) is 0 Å². The number of alkyl carbamates (subject to hydrolysis) is 1. The minimum absolute atomic E-state index is 0.0262. The normalized spacial score (nSPS) is 12.9. The van der Waals surface area contributed by atoms with Crippen molar-refractivity contribution in [1.82, 2.24) is 5.32 Å². The molecule has 1 aromatic rings. The van der Waals surface area contributed by atoms with Gasteiger partial charge in [0.05, 0.1) is 12.6 Å². The number of nitrogens with one attached hydrogen (secondary N) is 1. The fraction of sp³-hybridized carbons (Fsp3) is 0.462. The molecule has 1 rings (SSSR count). The van der Waals surface area contributed by atoms with Crippen molar-refractivity contribution in [3.63, 3.8) is 0 Å². The Balaban J connectivity index is 2.46. The molecule has 0 bridgehead atoms. The third-order valence-electron chi connectivity index (χ3n) is 2.09. The van der Waals surface area contributed by atoms with Crippen LogP contribution in [0.1, 0.15) is 32.4 Å². The number of hydrogen-bond donors (Lipinski definition) is 3. The summed E-state index contributed by atoms with van der Waals surface area (Å²) in [5, 5.41) is 21.5. The average Bonchev–Trinajstić information content (AvgIpc) is 2.23. The first kappa shape index (κ1) is 14.3. The zero-order valence-corrected chi connectivity index (χ0v) is 10.8. The molecule has 0 spiro atoms. The Morgan fingerprint density at radius 3 is 2.67 bits per heavy atom. The summed E-state index contributed by atoms with van der Waals surface area (Å²) >= 11 is 0. The molecule has 5 nitrogen and oxygen atoms in total. The predicted octanol–water partition coefficient (Wildman–Crippen LogP) is 1.95. The number of aliphatic hydroxyl groups excluding tert-OH is 1. The van der Waals surface area contributed by atoms with Gasteiger partial charge < -0.3 is 20.3 Å². The van der Waals surface area contributed by atoms with Crippen molar-refractivity contribution in [1.29, 1.82) is 0 Å². The van der Waals surface area contributed by atoms with Crippen LogP contribution in [-0.2, 0) is 4.74 Å². The molecule has 0 fully saturated rings. The van der Waals surface area contributed by atoms with Gasteiger partial charge in [-0.2, -0.15) is 0 Å². The number of ether oxygens (including phenoxy) is 1. The molecule has 0 unspecified atom stereocenters.